The van der Waals surface area contributed by atoms with E-state index in [9.17, 15) is 4.79 Å². The first-order valence-corrected chi connectivity index (χ1v) is 10.5. The van der Waals surface area contributed by atoms with Crippen LogP contribution in [0.5, 0.6) is 11.5 Å². The number of piperidine rings is 1. The predicted molar refractivity (Wildman–Crippen MR) is 116 cm³/mol. The summed E-state index contributed by atoms with van der Waals surface area (Å²) in [7, 11) is 1.70. The molecule has 2 aromatic carbocycles. The van der Waals surface area contributed by atoms with Crippen LogP contribution in [0.1, 0.15) is 25.3 Å². The Morgan fingerprint density at radius 3 is 2.59 bits per heavy atom. The summed E-state index contributed by atoms with van der Waals surface area (Å²) in [4.78, 5) is 14.9. The highest BCUT2D eigenvalue weighted by atomic mass is 35.5. The summed E-state index contributed by atoms with van der Waals surface area (Å²) in [5.41, 5.74) is 1.18. The number of nitrogens with zero attached hydrogens (tertiary/aromatic N) is 1. The lowest BCUT2D eigenvalue weighted by Gasteiger charge is -2.33. The lowest BCUT2D eigenvalue weighted by Crippen LogP contribution is -2.47. The van der Waals surface area contributed by atoms with Crippen LogP contribution in [0.2, 0.25) is 10.0 Å². The second-order valence-corrected chi connectivity index (χ2v) is 8.05. The lowest BCUT2D eigenvalue weighted by atomic mass is 10.0. The SMILES string of the molecule is COc1ccccc1CN1CCC(NC(=O)C(C)Oc2ccc(Cl)cc2Cl)CC1. The molecule has 1 unspecified atom stereocenters. The molecule has 0 spiro atoms. The van der Waals surface area contributed by atoms with Gasteiger partial charge in [-0.1, -0.05) is 41.4 Å². The maximum atomic E-state index is 12.5. The number of hydrogen-bond donors (Lipinski definition) is 1. The molecule has 7 heteroatoms. The Bertz CT molecular complexity index is 839. The van der Waals surface area contributed by atoms with E-state index in [0.717, 1.165) is 38.2 Å². The van der Waals surface area contributed by atoms with Gasteiger partial charge in [-0.05, 0) is 44.0 Å². The van der Waals surface area contributed by atoms with Crippen LogP contribution in [-0.4, -0.2) is 43.2 Å². The zero-order valence-corrected chi connectivity index (χ0v) is 18.2. The van der Waals surface area contributed by atoms with Crippen LogP contribution >= 0.6 is 23.2 Å². The third-order valence-corrected chi connectivity index (χ3v) is 5.62. The number of para-hydroxylation sites is 1. The van der Waals surface area contributed by atoms with Crippen molar-refractivity contribution in [3.05, 3.63) is 58.1 Å². The second kappa shape index (κ2) is 10.2. The standard InChI is InChI=1S/C22H26Cl2N2O3/c1-15(29-21-8-7-17(23)13-19(21)24)22(27)25-18-9-11-26(12-10-18)14-16-5-3-4-6-20(16)28-2/h3-8,13,15,18H,9-12,14H2,1-2H3,(H,25,27). The maximum Gasteiger partial charge on any atom is 0.260 e. The van der Waals surface area contributed by atoms with Crippen molar-refractivity contribution in [1.82, 2.24) is 10.2 Å². The molecule has 0 bridgehead atoms. The summed E-state index contributed by atoms with van der Waals surface area (Å²) in [6.07, 6.45) is 1.16. The molecule has 156 valence electrons. The number of methoxy groups -OCH3 is 1. The molecule has 1 aliphatic rings. The van der Waals surface area contributed by atoms with E-state index in [-0.39, 0.29) is 11.9 Å². The normalized spacial score (nSPS) is 16.3. The predicted octanol–water partition coefficient (Wildman–Crippen LogP) is 4.55. The van der Waals surface area contributed by atoms with Crippen LogP contribution in [0.4, 0.5) is 0 Å². The molecule has 3 rings (SSSR count). The zero-order valence-electron chi connectivity index (χ0n) is 16.7. The summed E-state index contributed by atoms with van der Waals surface area (Å²) in [5.74, 6) is 1.22. The van der Waals surface area contributed by atoms with Gasteiger partial charge in [-0.25, -0.2) is 0 Å². The summed E-state index contributed by atoms with van der Waals surface area (Å²) in [6, 6.07) is 13.2. The minimum Gasteiger partial charge on any atom is -0.496 e. The molecule has 1 amide bonds. The van der Waals surface area contributed by atoms with E-state index in [1.807, 2.05) is 18.2 Å². The molecule has 0 aliphatic carbocycles. The van der Waals surface area contributed by atoms with Gasteiger partial charge in [0.05, 0.1) is 12.1 Å². The average Bonchev–Trinajstić information content (AvgIpc) is 2.72. The van der Waals surface area contributed by atoms with Crippen molar-refractivity contribution in [2.45, 2.75) is 38.5 Å². The van der Waals surface area contributed by atoms with Crippen LogP contribution in [0.25, 0.3) is 0 Å². The van der Waals surface area contributed by atoms with Crippen molar-refractivity contribution in [2.75, 3.05) is 20.2 Å². The Morgan fingerprint density at radius 2 is 1.90 bits per heavy atom. The van der Waals surface area contributed by atoms with Gasteiger partial charge in [-0.15, -0.1) is 0 Å². The van der Waals surface area contributed by atoms with Crippen LogP contribution in [0.3, 0.4) is 0 Å². The van der Waals surface area contributed by atoms with Crippen molar-refractivity contribution in [3.63, 3.8) is 0 Å². The first-order chi connectivity index (χ1) is 14.0. The first-order valence-electron chi connectivity index (χ1n) is 9.72. The van der Waals surface area contributed by atoms with E-state index < -0.39 is 6.10 Å². The molecule has 1 saturated heterocycles. The minimum absolute atomic E-state index is 0.140. The number of amides is 1. The number of carbonyl (C=O) groups is 1. The number of nitrogens with one attached hydrogen (secondary N) is 1. The highest BCUT2D eigenvalue weighted by molar-refractivity contribution is 6.35. The molecule has 5 nitrogen and oxygen atoms in total. The summed E-state index contributed by atoms with van der Waals surface area (Å²) in [5, 5.41) is 4.01. The number of carbonyl (C=O) groups excluding carboxylic acids is 1. The van der Waals surface area contributed by atoms with E-state index in [1.54, 1.807) is 32.2 Å². The average molecular weight is 437 g/mol. The van der Waals surface area contributed by atoms with Crippen LogP contribution in [0.15, 0.2) is 42.5 Å². The summed E-state index contributed by atoms with van der Waals surface area (Å²) < 4.78 is 11.1. The Morgan fingerprint density at radius 1 is 1.17 bits per heavy atom. The van der Waals surface area contributed by atoms with Gasteiger partial charge in [0.1, 0.15) is 11.5 Å². The van der Waals surface area contributed by atoms with E-state index in [0.29, 0.717) is 15.8 Å². The van der Waals surface area contributed by atoms with Gasteiger partial charge in [0.2, 0.25) is 0 Å². The Kier molecular flexibility index (Phi) is 7.64. The molecule has 1 aliphatic heterocycles. The van der Waals surface area contributed by atoms with Crippen LogP contribution < -0.4 is 14.8 Å². The number of rotatable bonds is 7. The molecule has 29 heavy (non-hydrogen) atoms. The van der Waals surface area contributed by atoms with Crippen molar-refractivity contribution < 1.29 is 14.3 Å². The molecule has 1 fully saturated rings. The zero-order chi connectivity index (χ0) is 20.8. The highest BCUT2D eigenvalue weighted by Gasteiger charge is 2.24. The van der Waals surface area contributed by atoms with Crippen molar-refractivity contribution in [3.8, 4) is 11.5 Å². The van der Waals surface area contributed by atoms with Crippen LogP contribution in [0, 0.1) is 0 Å². The molecule has 1 atom stereocenters. The van der Waals surface area contributed by atoms with Crippen molar-refractivity contribution in [1.29, 1.82) is 0 Å². The minimum atomic E-state index is -0.639. The third-order valence-electron chi connectivity index (χ3n) is 5.09. The number of benzene rings is 2. The fraction of sp³-hybridized carbons (Fsp3) is 0.409. The Hall–Kier alpha value is -1.95. The number of ether oxygens (including phenoxy) is 2. The fourth-order valence-corrected chi connectivity index (χ4v) is 3.90. The number of halogens is 2. The van der Waals surface area contributed by atoms with E-state index in [2.05, 4.69) is 16.3 Å². The maximum absolute atomic E-state index is 12.5. The molecule has 1 N–H and O–H groups in total. The van der Waals surface area contributed by atoms with E-state index in [4.69, 9.17) is 32.7 Å². The van der Waals surface area contributed by atoms with Crippen molar-refractivity contribution >= 4 is 29.1 Å². The largest absolute Gasteiger partial charge is 0.496 e. The van der Waals surface area contributed by atoms with Gasteiger partial charge in [0.15, 0.2) is 6.10 Å². The van der Waals surface area contributed by atoms with E-state index in [1.165, 1.54) is 5.56 Å². The molecule has 2 aromatic rings. The summed E-state index contributed by atoms with van der Waals surface area (Å²) >= 11 is 12.0. The first kappa shape index (κ1) is 21.8. The number of hydrogen-bond acceptors (Lipinski definition) is 4. The molecular weight excluding hydrogens is 411 g/mol. The lowest BCUT2D eigenvalue weighted by molar-refractivity contribution is -0.128. The quantitative estimate of drug-likeness (QED) is 0.691. The molecular formula is C22H26Cl2N2O3. The van der Waals surface area contributed by atoms with Gasteiger partial charge >= 0.3 is 0 Å². The molecule has 0 saturated carbocycles. The second-order valence-electron chi connectivity index (χ2n) is 7.21. The highest BCUT2D eigenvalue weighted by Crippen LogP contribution is 2.28. The summed E-state index contributed by atoms with van der Waals surface area (Å²) in [6.45, 7) is 4.40. The third kappa shape index (κ3) is 6.01. The topological polar surface area (TPSA) is 50.8 Å². The smallest absolute Gasteiger partial charge is 0.260 e. The van der Waals surface area contributed by atoms with Gasteiger partial charge in [0.25, 0.3) is 5.91 Å². The molecule has 0 radical (unpaired) electrons. The van der Waals surface area contributed by atoms with Gasteiger partial charge in [-0.3, -0.25) is 9.69 Å². The molecule has 1 heterocycles. The van der Waals surface area contributed by atoms with Crippen LogP contribution in [-0.2, 0) is 11.3 Å². The van der Waals surface area contributed by atoms with Gasteiger partial charge in [0, 0.05) is 36.3 Å². The van der Waals surface area contributed by atoms with Gasteiger partial charge < -0.3 is 14.8 Å². The Balaban J connectivity index is 1.46. The Labute approximate surface area is 181 Å². The van der Waals surface area contributed by atoms with Gasteiger partial charge in [-0.2, -0.15) is 0 Å². The number of likely N-dealkylation sites (tertiary alicyclic amines) is 1. The van der Waals surface area contributed by atoms with Crippen molar-refractivity contribution in [2.24, 2.45) is 0 Å². The molecule has 0 aromatic heterocycles. The fourth-order valence-electron chi connectivity index (χ4n) is 3.44. The van der Waals surface area contributed by atoms with E-state index >= 15 is 0 Å². The monoisotopic (exact) mass is 436 g/mol.